The van der Waals surface area contributed by atoms with E-state index in [9.17, 15) is 9.90 Å². The summed E-state index contributed by atoms with van der Waals surface area (Å²) in [5.41, 5.74) is 3.61. The van der Waals surface area contributed by atoms with Crippen LogP contribution in [0.5, 0.6) is 0 Å². The Balaban J connectivity index is 1.95. The van der Waals surface area contributed by atoms with E-state index in [4.69, 9.17) is 0 Å². The first-order chi connectivity index (χ1) is 10.7. The minimum atomic E-state index is -0.587. The Kier molecular flexibility index (Phi) is 3.20. The van der Waals surface area contributed by atoms with Gasteiger partial charge < -0.3 is 5.11 Å². The van der Waals surface area contributed by atoms with Gasteiger partial charge in [0.1, 0.15) is 0 Å². The molecule has 2 heterocycles. The lowest BCUT2D eigenvalue weighted by molar-refractivity contribution is 0.165. The van der Waals surface area contributed by atoms with Crippen LogP contribution in [0.1, 0.15) is 17.2 Å². The maximum absolute atomic E-state index is 12.8. The molecule has 1 N–H and O–H groups in total. The smallest absolute Gasteiger partial charge is 0.329 e. The van der Waals surface area contributed by atoms with E-state index >= 15 is 0 Å². The van der Waals surface area contributed by atoms with Crippen LogP contribution in [-0.4, -0.2) is 19.1 Å². The summed E-state index contributed by atoms with van der Waals surface area (Å²) in [7, 11) is 0. The maximum atomic E-state index is 12.8. The van der Waals surface area contributed by atoms with Crippen LogP contribution < -0.4 is 5.69 Å². The van der Waals surface area contributed by atoms with Crippen molar-refractivity contribution < 1.29 is 5.11 Å². The number of imidazole rings is 1. The fourth-order valence-electron chi connectivity index (χ4n) is 3.20. The predicted molar refractivity (Wildman–Crippen MR) is 89.4 cm³/mol. The number of benzene rings is 2. The summed E-state index contributed by atoms with van der Waals surface area (Å²) in [4.78, 5) is 12.6. The number of hydrogen-bond donors (Lipinski definition) is 1. The Morgan fingerprint density at radius 2 is 1.91 bits per heavy atom. The van der Waals surface area contributed by atoms with Crippen molar-refractivity contribution in [2.45, 2.75) is 24.0 Å². The Bertz CT molecular complexity index is 898. The number of aromatic nitrogens is 2. The minimum absolute atomic E-state index is 0.0253. The van der Waals surface area contributed by atoms with Crippen LogP contribution in [0.4, 0.5) is 0 Å². The van der Waals surface area contributed by atoms with E-state index in [1.165, 1.54) is 0 Å². The van der Waals surface area contributed by atoms with Gasteiger partial charge in [-0.25, -0.2) is 4.79 Å². The Morgan fingerprint density at radius 3 is 2.68 bits per heavy atom. The van der Waals surface area contributed by atoms with Crippen molar-refractivity contribution in [1.29, 1.82) is 0 Å². The normalized spacial score (nSPS) is 20.5. The number of halogens is 1. The maximum Gasteiger partial charge on any atom is 0.329 e. The number of rotatable bonds is 2. The Hall–Kier alpha value is -1.85. The van der Waals surface area contributed by atoms with Crippen molar-refractivity contribution >= 4 is 27.0 Å². The molecule has 1 aliphatic heterocycles. The highest BCUT2D eigenvalue weighted by Crippen LogP contribution is 2.34. The molecule has 0 amide bonds. The molecule has 112 valence electrons. The van der Waals surface area contributed by atoms with E-state index in [-0.39, 0.29) is 10.5 Å². The second-order valence-corrected chi connectivity index (χ2v) is 6.82. The highest BCUT2D eigenvalue weighted by atomic mass is 79.9. The third-order valence-corrected chi connectivity index (χ3v) is 5.06. The molecule has 5 heteroatoms. The molecule has 1 aromatic heterocycles. The van der Waals surface area contributed by atoms with E-state index < -0.39 is 6.10 Å². The number of alkyl halides is 1. The largest absolute Gasteiger partial charge is 0.387 e. The zero-order valence-corrected chi connectivity index (χ0v) is 13.4. The predicted octanol–water partition coefficient (Wildman–Crippen LogP) is 2.66. The second-order valence-electron chi connectivity index (χ2n) is 5.64. The summed E-state index contributed by atoms with van der Waals surface area (Å²) >= 11 is 3.48. The van der Waals surface area contributed by atoms with E-state index in [0.29, 0.717) is 13.1 Å². The van der Waals surface area contributed by atoms with Gasteiger partial charge in [0.25, 0.3) is 0 Å². The lowest BCUT2D eigenvalue weighted by Crippen LogP contribution is -2.32. The molecule has 3 aromatic rings. The third-order valence-electron chi connectivity index (χ3n) is 4.27. The van der Waals surface area contributed by atoms with Gasteiger partial charge in [0, 0.05) is 12.1 Å². The summed E-state index contributed by atoms with van der Waals surface area (Å²) in [6, 6.07) is 15.7. The summed E-state index contributed by atoms with van der Waals surface area (Å²) in [6.07, 6.45) is -0.587. The molecule has 2 unspecified atom stereocenters. The Labute approximate surface area is 135 Å². The fourth-order valence-corrected chi connectivity index (χ4v) is 3.78. The van der Waals surface area contributed by atoms with Crippen molar-refractivity contribution in [3.63, 3.8) is 0 Å². The van der Waals surface area contributed by atoms with Gasteiger partial charge in [-0.2, -0.15) is 0 Å². The summed E-state index contributed by atoms with van der Waals surface area (Å²) in [6.45, 7) is 1.02. The quantitative estimate of drug-likeness (QED) is 0.716. The molecule has 4 nitrogen and oxygen atoms in total. The van der Waals surface area contributed by atoms with Gasteiger partial charge >= 0.3 is 5.69 Å². The first-order valence-corrected chi connectivity index (χ1v) is 8.16. The first kappa shape index (κ1) is 13.8. The van der Waals surface area contributed by atoms with Gasteiger partial charge in [0.05, 0.1) is 28.5 Å². The molecule has 0 saturated heterocycles. The average Bonchev–Trinajstić information content (AvgIpc) is 2.80. The van der Waals surface area contributed by atoms with Crippen LogP contribution in [0.25, 0.3) is 11.0 Å². The molecule has 0 saturated carbocycles. The first-order valence-electron chi connectivity index (χ1n) is 7.25. The van der Waals surface area contributed by atoms with Crippen molar-refractivity contribution in [3.8, 4) is 0 Å². The SMILES string of the molecule is O=c1n(Cc2ccccc2)c2cccc3c2n1CC(Br)C3O. The molecule has 0 aliphatic carbocycles. The van der Waals surface area contributed by atoms with Gasteiger partial charge in [-0.3, -0.25) is 9.13 Å². The Morgan fingerprint density at radius 1 is 1.14 bits per heavy atom. The van der Waals surface area contributed by atoms with E-state index in [2.05, 4.69) is 15.9 Å². The van der Waals surface area contributed by atoms with Gasteiger partial charge in [0.2, 0.25) is 0 Å². The molecule has 2 atom stereocenters. The zero-order valence-electron chi connectivity index (χ0n) is 11.8. The van der Waals surface area contributed by atoms with Crippen LogP contribution in [0.3, 0.4) is 0 Å². The standard InChI is InChI=1S/C17H15BrN2O2/c18-13-10-20-15-12(16(13)21)7-4-8-14(15)19(17(20)22)9-11-5-2-1-3-6-11/h1-8,13,16,21H,9-10H2. The third kappa shape index (κ3) is 1.96. The number of hydrogen-bond acceptors (Lipinski definition) is 2. The van der Waals surface area contributed by atoms with Crippen molar-refractivity contribution in [1.82, 2.24) is 9.13 Å². The van der Waals surface area contributed by atoms with Crippen molar-refractivity contribution in [2.75, 3.05) is 0 Å². The molecule has 0 bridgehead atoms. The van der Waals surface area contributed by atoms with E-state index in [1.807, 2.05) is 48.5 Å². The monoisotopic (exact) mass is 358 g/mol. The molecule has 4 rings (SSSR count). The van der Waals surface area contributed by atoms with Gasteiger partial charge in [-0.05, 0) is 11.6 Å². The van der Waals surface area contributed by atoms with Crippen molar-refractivity contribution in [2.24, 2.45) is 0 Å². The zero-order chi connectivity index (χ0) is 15.3. The summed E-state index contributed by atoms with van der Waals surface area (Å²) < 4.78 is 3.55. The highest BCUT2D eigenvalue weighted by molar-refractivity contribution is 9.09. The molecule has 1 aliphatic rings. The van der Waals surface area contributed by atoms with E-state index in [0.717, 1.165) is 22.2 Å². The van der Waals surface area contributed by atoms with Crippen LogP contribution in [0.15, 0.2) is 53.3 Å². The van der Waals surface area contributed by atoms with Gasteiger partial charge in [0.15, 0.2) is 0 Å². The topological polar surface area (TPSA) is 47.2 Å². The lowest BCUT2D eigenvalue weighted by atomic mass is 10.0. The van der Waals surface area contributed by atoms with Crippen LogP contribution in [0, 0.1) is 0 Å². The average molecular weight is 359 g/mol. The molecule has 2 aromatic carbocycles. The molecular formula is C17H15BrN2O2. The molecule has 0 fully saturated rings. The minimum Gasteiger partial charge on any atom is -0.387 e. The molecule has 22 heavy (non-hydrogen) atoms. The van der Waals surface area contributed by atoms with Crippen molar-refractivity contribution in [3.05, 3.63) is 70.1 Å². The number of aliphatic hydroxyl groups excluding tert-OH is 1. The van der Waals surface area contributed by atoms with Crippen LogP contribution >= 0.6 is 15.9 Å². The van der Waals surface area contributed by atoms with Crippen LogP contribution in [0.2, 0.25) is 0 Å². The number of nitrogens with zero attached hydrogens (tertiary/aromatic N) is 2. The lowest BCUT2D eigenvalue weighted by Gasteiger charge is -2.24. The fraction of sp³-hybridized carbons (Fsp3) is 0.235. The van der Waals surface area contributed by atoms with Crippen LogP contribution in [-0.2, 0) is 13.1 Å². The number of para-hydroxylation sites is 1. The number of aliphatic hydroxyl groups is 1. The highest BCUT2D eigenvalue weighted by Gasteiger charge is 2.30. The van der Waals surface area contributed by atoms with Gasteiger partial charge in [-0.1, -0.05) is 58.4 Å². The molecular weight excluding hydrogens is 344 g/mol. The van der Waals surface area contributed by atoms with Gasteiger partial charge in [-0.15, -0.1) is 0 Å². The van der Waals surface area contributed by atoms with E-state index in [1.54, 1.807) is 9.13 Å². The summed E-state index contributed by atoms with van der Waals surface area (Å²) in [5, 5.41) is 10.4. The molecule has 0 radical (unpaired) electrons. The summed E-state index contributed by atoms with van der Waals surface area (Å²) in [5.74, 6) is 0. The molecule has 0 spiro atoms. The second kappa shape index (κ2) is 5.11.